The minimum atomic E-state index is 0.220. The van der Waals surface area contributed by atoms with Gasteiger partial charge in [0, 0.05) is 19.0 Å². The molecule has 1 aromatic heterocycles. The Hall–Kier alpha value is -0.350. The highest BCUT2D eigenvalue weighted by Crippen LogP contribution is 2.23. The molecule has 0 aliphatic carbocycles. The van der Waals surface area contributed by atoms with Crippen LogP contribution in [0.3, 0.4) is 0 Å². The van der Waals surface area contributed by atoms with E-state index in [9.17, 15) is 0 Å². The van der Waals surface area contributed by atoms with E-state index in [0.29, 0.717) is 5.92 Å². The highest BCUT2D eigenvalue weighted by atomic mass is 79.9. The molecule has 3 nitrogen and oxygen atoms in total. The van der Waals surface area contributed by atoms with Crippen LogP contribution in [-0.4, -0.2) is 15.8 Å². The van der Waals surface area contributed by atoms with E-state index in [1.807, 2.05) is 11.6 Å². The smallest absolute Gasteiger partial charge is 0.0738 e. The predicted molar refractivity (Wildman–Crippen MR) is 71.5 cm³/mol. The van der Waals surface area contributed by atoms with Crippen LogP contribution in [0.15, 0.2) is 4.47 Å². The highest BCUT2D eigenvalue weighted by Gasteiger charge is 2.15. The monoisotopic (exact) mass is 287 g/mol. The van der Waals surface area contributed by atoms with E-state index < -0.39 is 0 Å². The Labute approximate surface area is 107 Å². The Morgan fingerprint density at radius 3 is 2.56 bits per heavy atom. The Morgan fingerprint density at radius 1 is 1.44 bits per heavy atom. The van der Waals surface area contributed by atoms with Crippen LogP contribution < -0.4 is 5.73 Å². The molecule has 1 heterocycles. The Morgan fingerprint density at radius 2 is 2.06 bits per heavy atom. The third-order valence-electron chi connectivity index (χ3n) is 2.68. The van der Waals surface area contributed by atoms with Crippen LogP contribution in [0.25, 0.3) is 0 Å². The van der Waals surface area contributed by atoms with Crippen LogP contribution in [-0.2, 0) is 13.0 Å². The lowest BCUT2D eigenvalue weighted by Crippen LogP contribution is -2.26. The van der Waals surface area contributed by atoms with E-state index in [0.717, 1.165) is 29.6 Å². The molecule has 0 bridgehead atoms. The fourth-order valence-electron chi connectivity index (χ4n) is 2.00. The zero-order valence-corrected chi connectivity index (χ0v) is 12.2. The second kappa shape index (κ2) is 5.82. The molecule has 0 spiro atoms. The van der Waals surface area contributed by atoms with E-state index in [1.54, 1.807) is 0 Å². The van der Waals surface area contributed by atoms with E-state index >= 15 is 0 Å². The summed E-state index contributed by atoms with van der Waals surface area (Å²) in [5, 5.41) is 4.48. The minimum Gasteiger partial charge on any atom is -0.327 e. The lowest BCUT2D eigenvalue weighted by Gasteiger charge is -2.15. The third-order valence-corrected chi connectivity index (χ3v) is 3.71. The summed E-state index contributed by atoms with van der Waals surface area (Å²) in [5.74, 6) is 0.646. The molecule has 1 unspecified atom stereocenters. The molecule has 1 atom stereocenters. The maximum absolute atomic E-state index is 6.15. The van der Waals surface area contributed by atoms with Gasteiger partial charge in [-0.25, -0.2) is 0 Å². The molecule has 0 radical (unpaired) electrons. The van der Waals surface area contributed by atoms with Gasteiger partial charge < -0.3 is 5.73 Å². The van der Waals surface area contributed by atoms with Gasteiger partial charge in [-0.3, -0.25) is 4.68 Å². The maximum atomic E-state index is 6.15. The van der Waals surface area contributed by atoms with Gasteiger partial charge in [0.2, 0.25) is 0 Å². The van der Waals surface area contributed by atoms with Crippen LogP contribution in [0.5, 0.6) is 0 Å². The number of hydrogen-bond donors (Lipinski definition) is 1. The standard InChI is InChI=1S/C12H22BrN3/c1-5-16-11(12(13)9(4)15-16)7-10(14)6-8(2)3/h8,10H,5-7,14H2,1-4H3. The topological polar surface area (TPSA) is 43.8 Å². The molecule has 0 saturated heterocycles. The minimum absolute atomic E-state index is 0.220. The van der Waals surface area contributed by atoms with Gasteiger partial charge in [-0.2, -0.15) is 5.10 Å². The Kier molecular flexibility index (Phi) is 4.99. The lowest BCUT2D eigenvalue weighted by atomic mass is 10.0. The van der Waals surface area contributed by atoms with Gasteiger partial charge in [0.1, 0.15) is 0 Å². The van der Waals surface area contributed by atoms with E-state index in [2.05, 4.69) is 41.8 Å². The van der Waals surface area contributed by atoms with Crippen LogP contribution in [0, 0.1) is 12.8 Å². The summed E-state index contributed by atoms with van der Waals surface area (Å²) in [6.45, 7) is 9.44. The number of rotatable bonds is 5. The zero-order valence-electron chi connectivity index (χ0n) is 10.6. The Balaban J connectivity index is 2.79. The van der Waals surface area contributed by atoms with Crippen molar-refractivity contribution in [2.45, 2.75) is 53.1 Å². The molecule has 0 aliphatic heterocycles. The molecule has 0 saturated carbocycles. The molecule has 1 aromatic rings. The molecule has 92 valence electrons. The first-order valence-electron chi connectivity index (χ1n) is 5.93. The fourth-order valence-corrected chi connectivity index (χ4v) is 2.45. The van der Waals surface area contributed by atoms with Crippen molar-refractivity contribution < 1.29 is 0 Å². The summed E-state index contributed by atoms with van der Waals surface area (Å²) in [5.41, 5.74) is 8.43. The molecule has 1 rings (SSSR count). The van der Waals surface area contributed by atoms with Crippen molar-refractivity contribution in [2.24, 2.45) is 11.7 Å². The van der Waals surface area contributed by atoms with E-state index in [-0.39, 0.29) is 6.04 Å². The van der Waals surface area contributed by atoms with Gasteiger partial charge in [0.25, 0.3) is 0 Å². The largest absolute Gasteiger partial charge is 0.327 e. The van der Waals surface area contributed by atoms with Gasteiger partial charge in [-0.15, -0.1) is 0 Å². The number of aryl methyl sites for hydroxylation is 2. The number of hydrogen-bond acceptors (Lipinski definition) is 2. The summed E-state index contributed by atoms with van der Waals surface area (Å²) in [6.07, 6.45) is 1.95. The zero-order chi connectivity index (χ0) is 12.3. The first-order chi connectivity index (χ1) is 7.45. The van der Waals surface area contributed by atoms with Crippen molar-refractivity contribution >= 4 is 15.9 Å². The second-order valence-corrected chi connectivity index (χ2v) is 5.55. The molecule has 16 heavy (non-hydrogen) atoms. The maximum Gasteiger partial charge on any atom is 0.0738 e. The van der Waals surface area contributed by atoms with Gasteiger partial charge in [0.05, 0.1) is 15.9 Å². The van der Waals surface area contributed by atoms with Gasteiger partial charge in [-0.1, -0.05) is 13.8 Å². The summed E-state index contributed by atoms with van der Waals surface area (Å²) in [4.78, 5) is 0. The highest BCUT2D eigenvalue weighted by molar-refractivity contribution is 9.10. The molecule has 0 fully saturated rings. The SMILES string of the molecule is CCn1nc(C)c(Br)c1CC(N)CC(C)C. The van der Waals surface area contributed by atoms with Crippen LogP contribution in [0.1, 0.15) is 38.6 Å². The molecule has 4 heteroatoms. The average Bonchev–Trinajstić information content (AvgIpc) is 2.44. The quantitative estimate of drug-likeness (QED) is 0.905. The first-order valence-corrected chi connectivity index (χ1v) is 6.72. The Bertz CT molecular complexity index is 344. The van der Waals surface area contributed by atoms with Gasteiger partial charge in [-0.05, 0) is 42.1 Å². The summed E-state index contributed by atoms with van der Waals surface area (Å²) in [7, 11) is 0. The summed E-state index contributed by atoms with van der Waals surface area (Å²) < 4.78 is 3.16. The predicted octanol–water partition coefficient (Wildman–Crippen LogP) is 2.89. The lowest BCUT2D eigenvalue weighted by molar-refractivity contribution is 0.477. The van der Waals surface area contributed by atoms with Crippen LogP contribution in [0.2, 0.25) is 0 Å². The molecular formula is C12H22BrN3. The average molecular weight is 288 g/mol. The molecule has 2 N–H and O–H groups in total. The second-order valence-electron chi connectivity index (χ2n) is 4.76. The van der Waals surface area contributed by atoms with Crippen LogP contribution in [0.4, 0.5) is 0 Å². The van der Waals surface area contributed by atoms with Gasteiger partial charge in [0.15, 0.2) is 0 Å². The number of halogens is 1. The van der Waals surface area contributed by atoms with Crippen molar-refractivity contribution in [2.75, 3.05) is 0 Å². The molecule has 0 amide bonds. The van der Waals surface area contributed by atoms with Gasteiger partial charge >= 0.3 is 0 Å². The van der Waals surface area contributed by atoms with E-state index in [4.69, 9.17) is 5.73 Å². The van der Waals surface area contributed by atoms with Crippen molar-refractivity contribution in [1.29, 1.82) is 0 Å². The van der Waals surface area contributed by atoms with Crippen molar-refractivity contribution in [3.8, 4) is 0 Å². The molecule has 0 aliphatic rings. The summed E-state index contributed by atoms with van der Waals surface area (Å²) >= 11 is 3.60. The third kappa shape index (κ3) is 3.32. The normalized spacial score (nSPS) is 13.4. The number of nitrogens with zero attached hydrogens (tertiary/aromatic N) is 2. The fraction of sp³-hybridized carbons (Fsp3) is 0.750. The number of aromatic nitrogens is 2. The number of nitrogens with two attached hydrogens (primary N) is 1. The summed E-state index contributed by atoms with van der Waals surface area (Å²) in [6, 6.07) is 0.220. The van der Waals surface area contributed by atoms with Crippen molar-refractivity contribution in [1.82, 2.24) is 9.78 Å². The van der Waals surface area contributed by atoms with Crippen molar-refractivity contribution in [3.63, 3.8) is 0 Å². The van der Waals surface area contributed by atoms with Crippen LogP contribution >= 0.6 is 15.9 Å². The van der Waals surface area contributed by atoms with Crippen molar-refractivity contribution in [3.05, 3.63) is 15.9 Å². The molecular weight excluding hydrogens is 266 g/mol. The first kappa shape index (κ1) is 13.7. The van der Waals surface area contributed by atoms with E-state index in [1.165, 1.54) is 5.69 Å². The molecule has 0 aromatic carbocycles.